The van der Waals surface area contributed by atoms with E-state index in [1.165, 1.54) is 16.7 Å². The monoisotopic (exact) mass is 366 g/mol. The summed E-state index contributed by atoms with van der Waals surface area (Å²) >= 11 is 0. The Bertz CT molecular complexity index is 707. The highest BCUT2D eigenvalue weighted by atomic mass is 16.3. The standard InChI is InChI=1S/C25H34O2/c1-4-15-25(27,16-14-21-11-7-6-8-12-21)19-24(26)18-22(5-2)23-13-9-10-20(3)17-23/h6-13,17,22,27H,4-5,14-16,18-19H2,1-3H3/t22?,25-/m0/s1. The Hall–Kier alpha value is -1.93. The summed E-state index contributed by atoms with van der Waals surface area (Å²) in [6.07, 6.45) is 4.71. The molecule has 2 aromatic carbocycles. The van der Waals surface area contributed by atoms with Crippen molar-refractivity contribution in [1.29, 1.82) is 0 Å². The van der Waals surface area contributed by atoms with Gasteiger partial charge in [0, 0.05) is 12.8 Å². The first-order valence-corrected chi connectivity index (χ1v) is 10.3. The van der Waals surface area contributed by atoms with E-state index < -0.39 is 5.60 Å². The average molecular weight is 367 g/mol. The van der Waals surface area contributed by atoms with E-state index in [0.29, 0.717) is 19.3 Å². The van der Waals surface area contributed by atoms with Gasteiger partial charge < -0.3 is 5.11 Å². The second kappa shape index (κ2) is 10.4. The van der Waals surface area contributed by atoms with E-state index in [1.54, 1.807) is 0 Å². The first-order chi connectivity index (χ1) is 13.0. The van der Waals surface area contributed by atoms with Crippen LogP contribution in [0.2, 0.25) is 0 Å². The van der Waals surface area contributed by atoms with Crippen molar-refractivity contribution in [3.63, 3.8) is 0 Å². The third kappa shape index (κ3) is 6.95. The average Bonchev–Trinajstić information content (AvgIpc) is 2.65. The molecule has 2 heteroatoms. The summed E-state index contributed by atoms with van der Waals surface area (Å²) < 4.78 is 0. The van der Waals surface area contributed by atoms with E-state index in [1.807, 2.05) is 18.2 Å². The molecule has 0 fully saturated rings. The van der Waals surface area contributed by atoms with Gasteiger partial charge in [-0.1, -0.05) is 80.4 Å². The van der Waals surface area contributed by atoms with Crippen LogP contribution in [0.5, 0.6) is 0 Å². The van der Waals surface area contributed by atoms with Gasteiger partial charge in [-0.05, 0) is 49.7 Å². The minimum atomic E-state index is -0.896. The number of aryl methyl sites for hydroxylation is 2. The van der Waals surface area contributed by atoms with Crippen LogP contribution in [0.3, 0.4) is 0 Å². The molecule has 0 saturated carbocycles. The lowest BCUT2D eigenvalue weighted by Crippen LogP contribution is -2.32. The van der Waals surface area contributed by atoms with Crippen LogP contribution >= 0.6 is 0 Å². The van der Waals surface area contributed by atoms with Crippen molar-refractivity contribution in [1.82, 2.24) is 0 Å². The lowest BCUT2D eigenvalue weighted by atomic mass is 9.82. The van der Waals surface area contributed by atoms with Gasteiger partial charge in [-0.15, -0.1) is 0 Å². The van der Waals surface area contributed by atoms with Gasteiger partial charge in [-0.3, -0.25) is 4.79 Å². The van der Waals surface area contributed by atoms with Crippen LogP contribution in [-0.4, -0.2) is 16.5 Å². The smallest absolute Gasteiger partial charge is 0.136 e. The zero-order valence-electron chi connectivity index (χ0n) is 17.1. The number of aliphatic hydroxyl groups is 1. The quantitative estimate of drug-likeness (QED) is 0.529. The van der Waals surface area contributed by atoms with Gasteiger partial charge in [0.2, 0.25) is 0 Å². The second-order valence-corrected chi connectivity index (χ2v) is 7.90. The minimum absolute atomic E-state index is 0.173. The maximum Gasteiger partial charge on any atom is 0.136 e. The zero-order chi connectivity index (χ0) is 19.7. The van der Waals surface area contributed by atoms with E-state index in [9.17, 15) is 9.90 Å². The number of ketones is 1. The number of rotatable bonds is 11. The molecule has 0 heterocycles. The lowest BCUT2D eigenvalue weighted by Gasteiger charge is -2.28. The summed E-state index contributed by atoms with van der Waals surface area (Å²) in [4.78, 5) is 12.8. The topological polar surface area (TPSA) is 37.3 Å². The molecule has 0 amide bonds. The number of carbonyl (C=O) groups is 1. The molecular formula is C25H34O2. The predicted molar refractivity (Wildman–Crippen MR) is 113 cm³/mol. The fraction of sp³-hybridized carbons (Fsp3) is 0.480. The van der Waals surface area contributed by atoms with Crippen LogP contribution in [0.4, 0.5) is 0 Å². The fourth-order valence-electron chi connectivity index (χ4n) is 3.92. The Morgan fingerprint density at radius 2 is 1.78 bits per heavy atom. The van der Waals surface area contributed by atoms with Crippen LogP contribution in [0.1, 0.15) is 75.0 Å². The van der Waals surface area contributed by atoms with Crippen molar-refractivity contribution in [2.24, 2.45) is 0 Å². The second-order valence-electron chi connectivity index (χ2n) is 7.90. The first-order valence-electron chi connectivity index (χ1n) is 10.3. The van der Waals surface area contributed by atoms with Crippen LogP contribution in [-0.2, 0) is 11.2 Å². The Balaban J connectivity index is 2.00. The fourth-order valence-corrected chi connectivity index (χ4v) is 3.92. The molecule has 0 aliphatic carbocycles. The molecular weight excluding hydrogens is 332 g/mol. The van der Waals surface area contributed by atoms with Gasteiger partial charge in [0.1, 0.15) is 5.78 Å². The molecule has 0 saturated heterocycles. The minimum Gasteiger partial charge on any atom is -0.389 e. The van der Waals surface area contributed by atoms with Crippen molar-refractivity contribution in [3.8, 4) is 0 Å². The lowest BCUT2D eigenvalue weighted by molar-refractivity contribution is -0.125. The van der Waals surface area contributed by atoms with E-state index in [0.717, 1.165) is 19.3 Å². The third-order valence-electron chi connectivity index (χ3n) is 5.44. The van der Waals surface area contributed by atoms with E-state index in [2.05, 4.69) is 57.2 Å². The SMILES string of the molecule is CCC[C@](O)(CCc1ccccc1)CC(=O)CC(CC)c1cccc(C)c1. The Kier molecular flexibility index (Phi) is 8.24. The number of hydrogen-bond donors (Lipinski definition) is 1. The van der Waals surface area contributed by atoms with E-state index in [4.69, 9.17) is 0 Å². The molecule has 146 valence electrons. The molecule has 1 unspecified atom stereocenters. The largest absolute Gasteiger partial charge is 0.389 e. The third-order valence-corrected chi connectivity index (χ3v) is 5.44. The van der Waals surface area contributed by atoms with E-state index in [-0.39, 0.29) is 18.1 Å². The Labute approximate surface area is 164 Å². The Morgan fingerprint density at radius 3 is 2.41 bits per heavy atom. The molecule has 2 aromatic rings. The summed E-state index contributed by atoms with van der Waals surface area (Å²) in [5.74, 6) is 0.407. The number of hydrogen-bond acceptors (Lipinski definition) is 2. The molecule has 2 atom stereocenters. The number of Topliss-reactive ketones (excluding diaryl/α,β-unsaturated/α-hetero) is 1. The zero-order valence-corrected chi connectivity index (χ0v) is 17.1. The number of benzene rings is 2. The normalized spacial score (nSPS) is 14.5. The molecule has 0 spiro atoms. The molecule has 27 heavy (non-hydrogen) atoms. The van der Waals surface area contributed by atoms with Crippen LogP contribution in [0.25, 0.3) is 0 Å². The highest BCUT2D eigenvalue weighted by Crippen LogP contribution is 2.29. The summed E-state index contributed by atoms with van der Waals surface area (Å²) in [6, 6.07) is 18.6. The van der Waals surface area contributed by atoms with Gasteiger partial charge in [-0.25, -0.2) is 0 Å². The van der Waals surface area contributed by atoms with Gasteiger partial charge >= 0.3 is 0 Å². The summed E-state index contributed by atoms with van der Waals surface area (Å²) in [5.41, 5.74) is 2.77. The molecule has 0 aliphatic rings. The Morgan fingerprint density at radius 1 is 1.04 bits per heavy atom. The van der Waals surface area contributed by atoms with Crippen LogP contribution in [0.15, 0.2) is 54.6 Å². The summed E-state index contributed by atoms with van der Waals surface area (Å²) in [6.45, 7) is 6.29. The maximum atomic E-state index is 12.8. The highest BCUT2D eigenvalue weighted by Gasteiger charge is 2.29. The maximum absolute atomic E-state index is 12.8. The molecule has 0 aliphatic heterocycles. The van der Waals surface area contributed by atoms with Crippen LogP contribution < -0.4 is 0 Å². The van der Waals surface area contributed by atoms with Crippen molar-refractivity contribution in [2.75, 3.05) is 0 Å². The first kappa shape index (κ1) is 21.4. The molecule has 0 radical (unpaired) electrons. The van der Waals surface area contributed by atoms with Gasteiger partial charge in [0.05, 0.1) is 5.60 Å². The van der Waals surface area contributed by atoms with Crippen molar-refractivity contribution in [3.05, 3.63) is 71.3 Å². The van der Waals surface area contributed by atoms with E-state index >= 15 is 0 Å². The van der Waals surface area contributed by atoms with Crippen molar-refractivity contribution >= 4 is 5.78 Å². The predicted octanol–water partition coefficient (Wildman–Crippen LogP) is 6.00. The molecule has 0 aromatic heterocycles. The highest BCUT2D eigenvalue weighted by molar-refractivity contribution is 5.80. The van der Waals surface area contributed by atoms with Crippen molar-refractivity contribution in [2.45, 2.75) is 77.2 Å². The van der Waals surface area contributed by atoms with Gasteiger partial charge in [0.25, 0.3) is 0 Å². The van der Waals surface area contributed by atoms with Crippen LogP contribution in [0, 0.1) is 6.92 Å². The molecule has 2 rings (SSSR count). The molecule has 2 nitrogen and oxygen atoms in total. The number of carbonyl (C=O) groups excluding carboxylic acids is 1. The van der Waals surface area contributed by atoms with Gasteiger partial charge in [0.15, 0.2) is 0 Å². The molecule has 0 bridgehead atoms. The summed E-state index contributed by atoms with van der Waals surface area (Å²) in [5, 5.41) is 11.1. The summed E-state index contributed by atoms with van der Waals surface area (Å²) in [7, 11) is 0. The molecule has 1 N–H and O–H groups in total. The van der Waals surface area contributed by atoms with Gasteiger partial charge in [-0.2, -0.15) is 0 Å². The van der Waals surface area contributed by atoms with Crippen molar-refractivity contribution < 1.29 is 9.90 Å².